The number of anilines is 1. The van der Waals surface area contributed by atoms with Gasteiger partial charge in [0.1, 0.15) is 5.82 Å². The molecule has 0 bridgehead atoms. The van der Waals surface area contributed by atoms with Crippen molar-refractivity contribution in [1.29, 1.82) is 0 Å². The Morgan fingerprint density at radius 3 is 2.78 bits per heavy atom. The van der Waals surface area contributed by atoms with E-state index in [1.54, 1.807) is 27.1 Å². The number of pyridine rings is 1. The minimum Gasteiger partial charge on any atom is -0.354 e. The fourth-order valence-electron chi connectivity index (χ4n) is 2.53. The maximum atomic E-state index is 12.1. The second-order valence-corrected chi connectivity index (χ2v) is 8.08. The van der Waals surface area contributed by atoms with E-state index in [2.05, 4.69) is 9.71 Å². The smallest absolute Gasteiger partial charge is 0.254 e. The van der Waals surface area contributed by atoms with Crippen LogP contribution in [0.2, 0.25) is 5.02 Å². The van der Waals surface area contributed by atoms with E-state index in [4.69, 9.17) is 11.6 Å². The van der Waals surface area contributed by atoms with Gasteiger partial charge in [0.15, 0.2) is 0 Å². The predicted molar refractivity (Wildman–Crippen MR) is 90.5 cm³/mol. The minimum absolute atomic E-state index is 0.181. The Morgan fingerprint density at radius 1 is 1.52 bits per heavy atom. The second kappa shape index (κ2) is 7.02. The minimum atomic E-state index is -3.32. The van der Waals surface area contributed by atoms with Crippen LogP contribution in [0.1, 0.15) is 23.7 Å². The van der Waals surface area contributed by atoms with E-state index in [0.29, 0.717) is 42.5 Å². The number of hydrogen-bond donors (Lipinski definition) is 1. The molecular formula is C14H21ClN4O3S. The highest BCUT2D eigenvalue weighted by molar-refractivity contribution is 7.90. The number of rotatable bonds is 5. The Morgan fingerprint density at radius 2 is 2.22 bits per heavy atom. The van der Waals surface area contributed by atoms with Gasteiger partial charge in [-0.25, -0.2) is 18.1 Å². The van der Waals surface area contributed by atoms with E-state index in [0.717, 1.165) is 0 Å². The highest BCUT2D eigenvalue weighted by Crippen LogP contribution is 2.29. The fourth-order valence-corrected chi connectivity index (χ4v) is 4.25. The number of sulfonamides is 1. The molecule has 128 valence electrons. The van der Waals surface area contributed by atoms with Gasteiger partial charge in [-0.05, 0) is 12.5 Å². The second-order valence-electron chi connectivity index (χ2n) is 5.63. The zero-order valence-electron chi connectivity index (χ0n) is 13.4. The molecule has 1 aliphatic heterocycles. The zero-order chi connectivity index (χ0) is 17.2. The van der Waals surface area contributed by atoms with Crippen molar-refractivity contribution in [1.82, 2.24) is 14.6 Å². The normalized spacial score (nSPS) is 18.3. The molecule has 0 aromatic carbocycles. The monoisotopic (exact) mass is 360 g/mol. The molecule has 1 fully saturated rings. The summed E-state index contributed by atoms with van der Waals surface area (Å²) in [5.74, 6) is 0.330. The summed E-state index contributed by atoms with van der Waals surface area (Å²) in [5, 5.41) is -0.136. The van der Waals surface area contributed by atoms with Crippen molar-refractivity contribution >= 4 is 33.3 Å². The molecule has 1 aromatic heterocycles. The quantitative estimate of drug-likeness (QED) is 0.845. The van der Waals surface area contributed by atoms with Crippen LogP contribution in [0.25, 0.3) is 0 Å². The molecule has 2 rings (SSSR count). The Kier molecular flexibility index (Phi) is 5.49. The molecule has 9 heteroatoms. The first kappa shape index (κ1) is 18.0. The Hall–Kier alpha value is -1.38. The number of aromatic nitrogens is 1. The molecule has 0 radical (unpaired) electrons. The number of carbonyl (C=O) groups excluding carboxylic acids is 1. The van der Waals surface area contributed by atoms with Crippen LogP contribution in [0, 0.1) is 0 Å². The standard InChI is InChI=1S/C14H21ClN4O3S/c1-4-17-23(21,22)11-5-6-19(9-11)13-12(15)7-10(8-16-13)14(20)18(2)3/h7-8,11,17H,4-6,9H2,1-3H3. The molecule has 1 amide bonds. The van der Waals surface area contributed by atoms with Gasteiger partial charge in [-0.3, -0.25) is 4.79 Å². The molecule has 0 aliphatic carbocycles. The number of amides is 1. The molecule has 0 spiro atoms. The van der Waals surface area contributed by atoms with Crippen LogP contribution >= 0.6 is 11.6 Å². The Bertz CT molecular complexity index is 693. The van der Waals surface area contributed by atoms with Crippen molar-refractivity contribution in [2.75, 3.05) is 38.6 Å². The summed E-state index contributed by atoms with van der Waals surface area (Å²) >= 11 is 6.24. The van der Waals surface area contributed by atoms with Crippen molar-refractivity contribution in [2.45, 2.75) is 18.6 Å². The van der Waals surface area contributed by atoms with Gasteiger partial charge in [-0.2, -0.15) is 0 Å². The lowest BCUT2D eigenvalue weighted by molar-refractivity contribution is 0.0827. The van der Waals surface area contributed by atoms with Gasteiger partial charge in [0.25, 0.3) is 5.91 Å². The van der Waals surface area contributed by atoms with Crippen LogP contribution < -0.4 is 9.62 Å². The summed E-state index contributed by atoms with van der Waals surface area (Å²) in [4.78, 5) is 19.5. The number of nitrogens with zero attached hydrogens (tertiary/aromatic N) is 3. The van der Waals surface area contributed by atoms with Crippen molar-refractivity contribution in [3.63, 3.8) is 0 Å². The molecule has 7 nitrogen and oxygen atoms in total. The first-order valence-electron chi connectivity index (χ1n) is 7.37. The topological polar surface area (TPSA) is 82.6 Å². The average Bonchev–Trinajstić information content (AvgIpc) is 2.96. The lowest BCUT2D eigenvalue weighted by atomic mass is 10.2. The van der Waals surface area contributed by atoms with Gasteiger partial charge in [0.05, 0.1) is 15.8 Å². The van der Waals surface area contributed by atoms with E-state index in [1.165, 1.54) is 11.1 Å². The van der Waals surface area contributed by atoms with Crippen LogP contribution in [0.4, 0.5) is 5.82 Å². The number of nitrogens with one attached hydrogen (secondary N) is 1. The van der Waals surface area contributed by atoms with E-state index in [-0.39, 0.29) is 5.91 Å². The highest BCUT2D eigenvalue weighted by Gasteiger charge is 2.34. The van der Waals surface area contributed by atoms with Gasteiger partial charge in [0, 0.05) is 39.9 Å². The maximum Gasteiger partial charge on any atom is 0.254 e. The average molecular weight is 361 g/mol. The van der Waals surface area contributed by atoms with Crippen molar-refractivity contribution in [2.24, 2.45) is 0 Å². The Balaban J connectivity index is 2.17. The lowest BCUT2D eigenvalue weighted by Gasteiger charge is -2.19. The van der Waals surface area contributed by atoms with Gasteiger partial charge >= 0.3 is 0 Å². The lowest BCUT2D eigenvalue weighted by Crippen LogP contribution is -2.36. The largest absolute Gasteiger partial charge is 0.354 e. The third-order valence-electron chi connectivity index (χ3n) is 3.70. The van der Waals surface area contributed by atoms with E-state index < -0.39 is 15.3 Å². The number of hydrogen-bond acceptors (Lipinski definition) is 5. The van der Waals surface area contributed by atoms with E-state index >= 15 is 0 Å². The van der Waals surface area contributed by atoms with Gasteiger partial charge in [-0.15, -0.1) is 0 Å². The van der Waals surface area contributed by atoms with Gasteiger partial charge in [0.2, 0.25) is 10.0 Å². The van der Waals surface area contributed by atoms with E-state index in [9.17, 15) is 13.2 Å². The van der Waals surface area contributed by atoms with Crippen LogP contribution in [0.15, 0.2) is 12.3 Å². The van der Waals surface area contributed by atoms with Crippen LogP contribution in [-0.4, -0.2) is 63.2 Å². The van der Waals surface area contributed by atoms with Crippen molar-refractivity contribution in [3.05, 3.63) is 22.8 Å². The first-order chi connectivity index (χ1) is 10.8. The maximum absolute atomic E-state index is 12.1. The molecule has 1 aromatic rings. The summed E-state index contributed by atoms with van der Waals surface area (Å²) < 4.78 is 26.7. The third-order valence-corrected chi connectivity index (χ3v) is 5.94. The molecule has 1 saturated heterocycles. The van der Waals surface area contributed by atoms with Gasteiger partial charge < -0.3 is 9.80 Å². The van der Waals surface area contributed by atoms with E-state index in [1.807, 2.05) is 4.90 Å². The highest BCUT2D eigenvalue weighted by atomic mass is 35.5. The summed E-state index contributed by atoms with van der Waals surface area (Å²) in [5.41, 5.74) is 0.403. The zero-order valence-corrected chi connectivity index (χ0v) is 15.0. The van der Waals surface area contributed by atoms with Crippen LogP contribution in [-0.2, 0) is 10.0 Å². The Labute approximate surface area is 141 Å². The SMILES string of the molecule is CCNS(=O)(=O)C1CCN(c2ncc(C(=O)N(C)C)cc2Cl)C1. The predicted octanol–water partition coefficient (Wildman–Crippen LogP) is 0.955. The van der Waals surface area contributed by atoms with Gasteiger partial charge in [-0.1, -0.05) is 18.5 Å². The third kappa shape index (κ3) is 3.94. The number of carbonyl (C=O) groups is 1. The summed E-state index contributed by atoms with van der Waals surface area (Å²) in [6, 6.07) is 1.57. The molecule has 23 heavy (non-hydrogen) atoms. The molecule has 0 saturated carbocycles. The fraction of sp³-hybridized carbons (Fsp3) is 0.571. The summed E-state index contributed by atoms with van der Waals surface area (Å²) in [6.45, 7) is 3.02. The molecule has 1 unspecified atom stereocenters. The molecule has 1 aliphatic rings. The first-order valence-corrected chi connectivity index (χ1v) is 9.29. The molecule has 1 atom stereocenters. The summed E-state index contributed by atoms with van der Waals surface area (Å²) in [6.07, 6.45) is 1.99. The van der Waals surface area contributed by atoms with Crippen molar-refractivity contribution < 1.29 is 13.2 Å². The van der Waals surface area contributed by atoms with Crippen LogP contribution in [0.3, 0.4) is 0 Å². The number of halogens is 1. The van der Waals surface area contributed by atoms with Crippen molar-refractivity contribution in [3.8, 4) is 0 Å². The molecular weight excluding hydrogens is 340 g/mol. The summed E-state index contributed by atoms with van der Waals surface area (Å²) in [7, 11) is -0.0128. The van der Waals surface area contributed by atoms with Crippen LogP contribution in [0.5, 0.6) is 0 Å². The molecule has 1 N–H and O–H groups in total. The molecule has 2 heterocycles.